The van der Waals surface area contributed by atoms with Crippen LogP contribution in [0.5, 0.6) is 0 Å². The van der Waals surface area contributed by atoms with Crippen molar-refractivity contribution in [1.82, 2.24) is 5.32 Å². The van der Waals surface area contributed by atoms with Gasteiger partial charge in [0.15, 0.2) is 0 Å². The van der Waals surface area contributed by atoms with E-state index in [2.05, 4.69) is 24.0 Å². The second kappa shape index (κ2) is 3.99. The summed E-state index contributed by atoms with van der Waals surface area (Å²) in [5, 5.41) is 5.12. The maximum atomic E-state index is 5.48. The Kier molecular flexibility index (Phi) is 2.94. The summed E-state index contributed by atoms with van der Waals surface area (Å²) in [5.74, 6) is 0. The van der Waals surface area contributed by atoms with Gasteiger partial charge >= 0.3 is 0 Å². The molecule has 12 heavy (non-hydrogen) atoms. The monoisotopic (exact) mass is 187 g/mol. The first kappa shape index (κ1) is 8.85. The molecule has 2 aliphatic rings. The fourth-order valence-corrected chi connectivity index (χ4v) is 3.37. The molecule has 0 aromatic heterocycles. The molecule has 0 radical (unpaired) electrons. The van der Waals surface area contributed by atoms with E-state index in [1.54, 1.807) is 0 Å². The van der Waals surface area contributed by atoms with Gasteiger partial charge in [-0.3, -0.25) is 0 Å². The molecule has 2 heterocycles. The zero-order valence-electron chi connectivity index (χ0n) is 7.58. The van der Waals surface area contributed by atoms with Gasteiger partial charge in [0, 0.05) is 23.1 Å². The molecule has 2 fully saturated rings. The van der Waals surface area contributed by atoms with E-state index in [1.807, 2.05) is 0 Å². The lowest BCUT2D eigenvalue weighted by Crippen LogP contribution is -2.43. The van der Waals surface area contributed by atoms with Gasteiger partial charge in [0.25, 0.3) is 0 Å². The molecule has 0 aromatic carbocycles. The van der Waals surface area contributed by atoms with Gasteiger partial charge in [0.1, 0.15) is 0 Å². The fourth-order valence-electron chi connectivity index (χ4n) is 1.92. The Morgan fingerprint density at radius 3 is 3.25 bits per heavy atom. The lowest BCUT2D eigenvalue weighted by atomic mass is 10.1. The van der Waals surface area contributed by atoms with Crippen molar-refractivity contribution >= 4 is 11.8 Å². The third-order valence-electron chi connectivity index (χ3n) is 2.67. The van der Waals surface area contributed by atoms with Crippen molar-refractivity contribution in [3.63, 3.8) is 0 Å². The van der Waals surface area contributed by atoms with Crippen molar-refractivity contribution < 1.29 is 4.74 Å². The summed E-state index contributed by atoms with van der Waals surface area (Å²) in [7, 11) is 0. The van der Waals surface area contributed by atoms with Gasteiger partial charge < -0.3 is 10.1 Å². The summed E-state index contributed by atoms with van der Waals surface area (Å²) in [6.45, 7) is 5.41. The predicted octanol–water partition coefficient (Wildman–Crippen LogP) is 1.26. The van der Waals surface area contributed by atoms with E-state index in [0.717, 1.165) is 18.5 Å². The Morgan fingerprint density at radius 2 is 2.33 bits per heavy atom. The number of thioether (sulfide) groups is 1. The summed E-state index contributed by atoms with van der Waals surface area (Å²) < 4.78 is 5.48. The third-order valence-corrected chi connectivity index (χ3v) is 4.18. The lowest BCUT2D eigenvalue weighted by molar-refractivity contribution is 0.0842. The van der Waals surface area contributed by atoms with E-state index in [9.17, 15) is 0 Å². The van der Waals surface area contributed by atoms with E-state index in [1.165, 1.54) is 19.4 Å². The summed E-state index contributed by atoms with van der Waals surface area (Å²) in [6, 6.07) is 0.716. The molecule has 0 aliphatic carbocycles. The van der Waals surface area contributed by atoms with Gasteiger partial charge in [-0.15, -0.1) is 0 Å². The largest absolute Gasteiger partial charge is 0.380 e. The number of hydrogen-bond donors (Lipinski definition) is 1. The topological polar surface area (TPSA) is 21.3 Å². The van der Waals surface area contributed by atoms with Crippen LogP contribution in [-0.2, 0) is 4.74 Å². The molecule has 0 bridgehead atoms. The normalized spacial score (nSPS) is 43.2. The van der Waals surface area contributed by atoms with Gasteiger partial charge in [-0.25, -0.2) is 0 Å². The highest BCUT2D eigenvalue weighted by atomic mass is 32.2. The smallest absolute Gasteiger partial charge is 0.0600 e. The molecule has 2 aliphatic heterocycles. The third kappa shape index (κ3) is 1.95. The van der Waals surface area contributed by atoms with Crippen molar-refractivity contribution in [2.24, 2.45) is 0 Å². The summed E-state index contributed by atoms with van der Waals surface area (Å²) in [5.41, 5.74) is 0. The van der Waals surface area contributed by atoms with Crippen molar-refractivity contribution in [3.05, 3.63) is 0 Å². The molecule has 2 saturated heterocycles. The van der Waals surface area contributed by atoms with E-state index in [4.69, 9.17) is 4.74 Å². The second-order valence-corrected chi connectivity index (χ2v) is 5.38. The molecular formula is C9H17NOS. The highest BCUT2D eigenvalue weighted by Crippen LogP contribution is 2.29. The van der Waals surface area contributed by atoms with Gasteiger partial charge in [-0.1, -0.05) is 6.92 Å². The van der Waals surface area contributed by atoms with Crippen LogP contribution in [0, 0.1) is 0 Å². The predicted molar refractivity (Wildman–Crippen MR) is 52.7 cm³/mol. The molecule has 3 atom stereocenters. The Labute approximate surface area is 78.4 Å². The van der Waals surface area contributed by atoms with Crippen molar-refractivity contribution in [2.75, 3.05) is 19.8 Å². The second-order valence-electron chi connectivity index (χ2n) is 3.70. The van der Waals surface area contributed by atoms with Crippen molar-refractivity contribution in [3.8, 4) is 0 Å². The van der Waals surface area contributed by atoms with Gasteiger partial charge in [-0.2, -0.15) is 11.8 Å². The highest BCUT2D eigenvalue weighted by Gasteiger charge is 2.29. The van der Waals surface area contributed by atoms with Crippen molar-refractivity contribution in [2.45, 2.75) is 36.3 Å². The van der Waals surface area contributed by atoms with Crippen LogP contribution in [-0.4, -0.2) is 36.3 Å². The Balaban J connectivity index is 1.96. The highest BCUT2D eigenvalue weighted by molar-refractivity contribution is 8.00. The zero-order chi connectivity index (χ0) is 8.39. The maximum absolute atomic E-state index is 5.48. The number of ether oxygens (including phenoxy) is 1. The van der Waals surface area contributed by atoms with Crippen LogP contribution >= 0.6 is 11.8 Å². The van der Waals surface area contributed by atoms with Crippen LogP contribution in [0.3, 0.4) is 0 Å². The number of hydrogen-bond acceptors (Lipinski definition) is 3. The summed E-state index contributed by atoms with van der Waals surface area (Å²) in [6.07, 6.45) is 2.50. The van der Waals surface area contributed by atoms with Crippen LogP contribution in [0.4, 0.5) is 0 Å². The Bertz CT molecular complexity index is 153. The minimum atomic E-state index is 0.705. The van der Waals surface area contributed by atoms with E-state index < -0.39 is 0 Å². The van der Waals surface area contributed by atoms with Crippen molar-refractivity contribution in [1.29, 1.82) is 0 Å². The van der Waals surface area contributed by atoms with Crippen LogP contribution in [0.2, 0.25) is 0 Å². The molecule has 0 amide bonds. The molecule has 0 spiro atoms. The first-order valence-electron chi connectivity index (χ1n) is 4.83. The van der Waals surface area contributed by atoms with Gasteiger partial charge in [0.2, 0.25) is 0 Å². The first-order chi connectivity index (χ1) is 5.86. The number of rotatable bonds is 0. The quantitative estimate of drug-likeness (QED) is 0.617. The molecule has 3 heteroatoms. The average molecular weight is 187 g/mol. The Morgan fingerprint density at radius 1 is 1.42 bits per heavy atom. The van der Waals surface area contributed by atoms with Gasteiger partial charge in [0.05, 0.1) is 6.61 Å². The average Bonchev–Trinajstić information content (AvgIpc) is 2.25. The molecule has 70 valence electrons. The number of fused-ring (bicyclic) bond motifs is 1. The standard InChI is InChI=1S/C9H17NOS/c1-7-2-4-10-8-3-5-11-6-9(8)12-7/h7-10H,2-6H2,1H3. The number of nitrogens with one attached hydrogen (secondary N) is 1. The SMILES string of the molecule is CC1CCNC2CCOCC2S1. The van der Waals surface area contributed by atoms with Crippen LogP contribution in [0.1, 0.15) is 19.8 Å². The molecule has 0 saturated carbocycles. The lowest BCUT2D eigenvalue weighted by Gasteiger charge is -2.30. The van der Waals surface area contributed by atoms with Gasteiger partial charge in [-0.05, 0) is 19.4 Å². The van der Waals surface area contributed by atoms with E-state index in [0.29, 0.717) is 11.3 Å². The minimum absolute atomic E-state index is 0.705. The minimum Gasteiger partial charge on any atom is -0.380 e. The van der Waals surface area contributed by atoms with E-state index in [-0.39, 0.29) is 0 Å². The maximum Gasteiger partial charge on any atom is 0.0600 e. The summed E-state index contributed by atoms with van der Waals surface area (Å²) in [4.78, 5) is 0. The Hall–Kier alpha value is 0.270. The van der Waals surface area contributed by atoms with Crippen LogP contribution in [0.25, 0.3) is 0 Å². The summed E-state index contributed by atoms with van der Waals surface area (Å²) >= 11 is 2.10. The van der Waals surface area contributed by atoms with Crippen LogP contribution in [0.15, 0.2) is 0 Å². The van der Waals surface area contributed by atoms with Crippen LogP contribution < -0.4 is 5.32 Å². The molecule has 1 N–H and O–H groups in total. The molecule has 2 nitrogen and oxygen atoms in total. The molecule has 3 unspecified atom stereocenters. The molecule has 2 rings (SSSR count). The fraction of sp³-hybridized carbons (Fsp3) is 1.00. The molecular weight excluding hydrogens is 170 g/mol. The molecule has 0 aromatic rings. The van der Waals surface area contributed by atoms with E-state index >= 15 is 0 Å². The zero-order valence-corrected chi connectivity index (χ0v) is 8.40. The first-order valence-corrected chi connectivity index (χ1v) is 5.77.